The first-order valence-electron chi connectivity index (χ1n) is 19.9. The summed E-state index contributed by atoms with van der Waals surface area (Å²) < 4.78 is 22.8. The molecule has 6 aliphatic rings. The van der Waals surface area contributed by atoms with Gasteiger partial charge in [0.25, 0.3) is 0 Å². The maximum Gasteiger partial charge on any atom is 0.186 e. The van der Waals surface area contributed by atoms with E-state index >= 15 is 0 Å². The van der Waals surface area contributed by atoms with Crippen LogP contribution < -0.4 is 0 Å². The van der Waals surface area contributed by atoms with Gasteiger partial charge in [-0.2, -0.15) is 0 Å². The van der Waals surface area contributed by atoms with Crippen LogP contribution in [0.25, 0.3) is 0 Å². The van der Waals surface area contributed by atoms with Crippen molar-refractivity contribution in [3.63, 3.8) is 0 Å². The molecule has 0 aromatic carbocycles. The number of hydrogen-bond donors (Lipinski definition) is 10. The number of ether oxygens (including phenoxy) is 4. The van der Waals surface area contributed by atoms with E-state index in [0.29, 0.717) is 32.1 Å². The number of fused-ring (bicyclic) bond motifs is 5. The minimum Gasteiger partial charge on any atom is -0.393 e. The lowest BCUT2D eigenvalue weighted by molar-refractivity contribution is -0.343. The van der Waals surface area contributed by atoms with Gasteiger partial charge in [0.05, 0.1) is 49.8 Å². The Labute approximate surface area is 312 Å². The van der Waals surface area contributed by atoms with Crippen molar-refractivity contribution in [2.45, 2.75) is 159 Å². The van der Waals surface area contributed by atoms with E-state index in [0.717, 1.165) is 6.42 Å². The molecule has 14 heteroatoms. The van der Waals surface area contributed by atoms with Crippen LogP contribution in [0, 0.1) is 52.3 Å². The van der Waals surface area contributed by atoms with Gasteiger partial charge in [-0.25, -0.2) is 0 Å². The van der Waals surface area contributed by atoms with E-state index in [1.807, 2.05) is 6.92 Å². The molecule has 306 valence electrons. The summed E-state index contributed by atoms with van der Waals surface area (Å²) in [5, 5.41) is 108. The highest BCUT2D eigenvalue weighted by atomic mass is 16.7. The predicted molar refractivity (Wildman–Crippen MR) is 188 cm³/mol. The average Bonchev–Trinajstić information content (AvgIpc) is 3.37. The quantitative estimate of drug-likeness (QED) is 0.130. The van der Waals surface area contributed by atoms with Crippen molar-refractivity contribution in [1.29, 1.82) is 0 Å². The second kappa shape index (κ2) is 15.8. The fraction of sp³-hybridized carbons (Fsp3) is 0.949. The molecule has 21 unspecified atom stereocenters. The Morgan fingerprint density at radius 1 is 0.717 bits per heavy atom. The van der Waals surface area contributed by atoms with E-state index < -0.39 is 96.5 Å². The lowest BCUT2D eigenvalue weighted by Gasteiger charge is -2.66. The molecule has 0 aromatic heterocycles. The highest BCUT2D eigenvalue weighted by Gasteiger charge is 2.71. The zero-order valence-electron chi connectivity index (χ0n) is 31.8. The van der Waals surface area contributed by atoms with E-state index in [4.69, 9.17) is 18.9 Å². The van der Waals surface area contributed by atoms with E-state index in [1.54, 1.807) is 0 Å². The molecule has 0 amide bonds. The summed E-state index contributed by atoms with van der Waals surface area (Å²) in [4.78, 5) is 0. The lowest BCUT2D eigenvalue weighted by Crippen LogP contribution is -2.70. The molecule has 10 N–H and O–H groups in total. The predicted octanol–water partition coefficient (Wildman–Crippen LogP) is -0.193. The first-order valence-corrected chi connectivity index (χ1v) is 19.9. The minimum atomic E-state index is -1.59. The van der Waals surface area contributed by atoms with Crippen LogP contribution in [0.1, 0.15) is 79.6 Å². The third-order valence-electron chi connectivity index (χ3n) is 14.9. The number of aliphatic hydroxyl groups excluding tert-OH is 9. The fourth-order valence-corrected chi connectivity index (χ4v) is 12.0. The van der Waals surface area contributed by atoms with Gasteiger partial charge < -0.3 is 70.0 Å². The summed E-state index contributed by atoms with van der Waals surface area (Å²) in [6, 6.07) is 0. The number of rotatable bonds is 10. The van der Waals surface area contributed by atoms with Gasteiger partial charge in [-0.3, -0.25) is 0 Å². The first kappa shape index (κ1) is 41.8. The smallest absolute Gasteiger partial charge is 0.186 e. The van der Waals surface area contributed by atoms with E-state index in [-0.39, 0.29) is 61.2 Å². The van der Waals surface area contributed by atoms with Crippen LogP contribution in [0.2, 0.25) is 0 Å². The van der Waals surface area contributed by atoms with E-state index in [1.165, 1.54) is 0 Å². The standard InChI is InChI=1S/C39H66O14/c1-18(2)20(10-13-50-36-33(31(47)26(44)17-52-36)53-35-32(48)30(46)25(43)16-51-35)7-6-19(3)21-14-23(41)34-37(21,4)12-9-27-38(5)11-8-22(40)29(45)28(38)24(42)15-39(27,34)49/h6-7,18-36,40-49H,8-17H2,1-5H3. The molecule has 53 heavy (non-hydrogen) atoms. The van der Waals surface area contributed by atoms with Crippen LogP contribution in [0.4, 0.5) is 0 Å². The Bertz CT molecular complexity index is 1270. The van der Waals surface area contributed by atoms with Crippen molar-refractivity contribution in [3.05, 3.63) is 12.2 Å². The van der Waals surface area contributed by atoms with Gasteiger partial charge in [0, 0.05) is 18.3 Å². The molecule has 0 aromatic rings. The molecule has 21 atom stereocenters. The van der Waals surface area contributed by atoms with Gasteiger partial charge in [-0.15, -0.1) is 0 Å². The van der Waals surface area contributed by atoms with Crippen molar-refractivity contribution >= 4 is 0 Å². The number of aliphatic hydroxyl groups is 10. The Hall–Kier alpha value is -0.820. The molecular formula is C39H66O14. The second-order valence-electron chi connectivity index (χ2n) is 18.3. The van der Waals surface area contributed by atoms with Crippen molar-refractivity contribution in [1.82, 2.24) is 0 Å². The van der Waals surface area contributed by atoms with Crippen LogP contribution in [-0.2, 0) is 18.9 Å². The monoisotopic (exact) mass is 758 g/mol. The average molecular weight is 759 g/mol. The molecule has 14 nitrogen and oxygen atoms in total. The largest absolute Gasteiger partial charge is 0.393 e. The van der Waals surface area contributed by atoms with E-state index in [2.05, 4.69) is 39.8 Å². The molecule has 4 aliphatic carbocycles. The van der Waals surface area contributed by atoms with Crippen molar-refractivity contribution in [3.8, 4) is 0 Å². The SMILES string of the molecule is CC(C)C(C=CC(C)C1CC(O)C2C1(C)CCC1C3(C)CCC(O)C(O)C3C(O)CC12O)CCOC1OCC(O)C(O)C1OC1OCC(O)C(O)C1O. The topological polar surface area (TPSA) is 239 Å². The number of allylic oxidation sites excluding steroid dienone is 2. The maximum absolute atomic E-state index is 12.6. The molecule has 4 saturated carbocycles. The van der Waals surface area contributed by atoms with Crippen molar-refractivity contribution < 1.29 is 70.0 Å². The zero-order chi connectivity index (χ0) is 38.8. The summed E-state index contributed by atoms with van der Waals surface area (Å²) in [6.07, 6.45) is -6.41. The van der Waals surface area contributed by atoms with Gasteiger partial charge in [0.15, 0.2) is 12.6 Å². The highest BCUT2D eigenvalue weighted by Crippen LogP contribution is 2.69. The molecular weight excluding hydrogens is 692 g/mol. The Morgan fingerprint density at radius 3 is 2.04 bits per heavy atom. The summed E-state index contributed by atoms with van der Waals surface area (Å²) in [5.41, 5.74) is -2.25. The summed E-state index contributed by atoms with van der Waals surface area (Å²) in [5.74, 6) is -0.710. The Morgan fingerprint density at radius 2 is 1.36 bits per heavy atom. The van der Waals surface area contributed by atoms with Gasteiger partial charge in [-0.1, -0.05) is 46.8 Å². The zero-order valence-corrected chi connectivity index (χ0v) is 31.8. The van der Waals surface area contributed by atoms with Gasteiger partial charge in [0.1, 0.15) is 36.6 Å². The third kappa shape index (κ3) is 7.42. The van der Waals surface area contributed by atoms with Crippen LogP contribution in [0.15, 0.2) is 12.2 Å². The summed E-state index contributed by atoms with van der Waals surface area (Å²) >= 11 is 0. The molecule has 6 fully saturated rings. The van der Waals surface area contributed by atoms with Gasteiger partial charge >= 0.3 is 0 Å². The van der Waals surface area contributed by atoms with Crippen LogP contribution in [0.5, 0.6) is 0 Å². The van der Waals surface area contributed by atoms with Gasteiger partial charge in [0.2, 0.25) is 0 Å². The molecule has 2 saturated heterocycles. The van der Waals surface area contributed by atoms with Crippen molar-refractivity contribution in [2.24, 2.45) is 52.3 Å². The van der Waals surface area contributed by atoms with Gasteiger partial charge in [-0.05, 0) is 78.9 Å². The first-order chi connectivity index (χ1) is 24.8. The number of hydrogen-bond acceptors (Lipinski definition) is 14. The third-order valence-corrected chi connectivity index (χ3v) is 14.9. The molecule has 0 radical (unpaired) electrons. The lowest BCUT2D eigenvalue weighted by atomic mass is 9.41. The molecule has 6 rings (SSSR count). The molecule has 0 bridgehead atoms. The minimum absolute atomic E-state index is 0.0668. The Kier molecular flexibility index (Phi) is 12.5. The second-order valence-corrected chi connectivity index (χ2v) is 18.3. The molecule has 0 spiro atoms. The van der Waals surface area contributed by atoms with Crippen LogP contribution in [0.3, 0.4) is 0 Å². The normalized spacial score (nSPS) is 52.9. The summed E-state index contributed by atoms with van der Waals surface area (Å²) in [7, 11) is 0. The summed E-state index contributed by atoms with van der Waals surface area (Å²) in [6.45, 7) is 10.3. The Balaban J connectivity index is 1.10. The molecule has 2 aliphatic heterocycles. The van der Waals surface area contributed by atoms with E-state index in [9.17, 15) is 51.1 Å². The molecule has 2 heterocycles. The fourth-order valence-electron chi connectivity index (χ4n) is 12.0. The van der Waals surface area contributed by atoms with Crippen LogP contribution >= 0.6 is 0 Å². The van der Waals surface area contributed by atoms with Crippen molar-refractivity contribution in [2.75, 3.05) is 19.8 Å². The van der Waals surface area contributed by atoms with Crippen LogP contribution in [-0.4, -0.2) is 150 Å². The maximum atomic E-state index is 12.6. The highest BCUT2D eigenvalue weighted by molar-refractivity contribution is 5.21.